The number of H-pyrrole nitrogens is 1. The van der Waals surface area contributed by atoms with E-state index in [1.165, 1.54) is 0 Å². The first kappa shape index (κ1) is 25.5. The molecule has 0 radical (unpaired) electrons. The molecule has 1 amide bonds. The van der Waals surface area contributed by atoms with Gasteiger partial charge in [0.15, 0.2) is 0 Å². The molecule has 2 aromatic rings. The van der Waals surface area contributed by atoms with Crippen molar-refractivity contribution in [3.05, 3.63) is 36.0 Å². The van der Waals surface area contributed by atoms with Crippen molar-refractivity contribution >= 4 is 30.3 Å². The molecule has 0 aliphatic heterocycles. The Kier molecular flexibility index (Phi) is 8.74. The minimum Gasteiger partial charge on any atom is -0.480 e. The predicted octanol–water partition coefficient (Wildman–Crippen LogP) is 4.05. The van der Waals surface area contributed by atoms with E-state index in [0.717, 1.165) is 48.6 Å². The van der Waals surface area contributed by atoms with Crippen LogP contribution in [0.1, 0.15) is 57.9 Å². The summed E-state index contributed by atoms with van der Waals surface area (Å²) in [6, 6.07) is 5.49. The third kappa shape index (κ3) is 7.42. The average molecular weight is 478 g/mol. The number of aliphatic carboxylic acids is 1. The van der Waals surface area contributed by atoms with Crippen molar-refractivity contribution in [1.82, 2.24) is 15.4 Å². The van der Waals surface area contributed by atoms with Crippen LogP contribution in [0.15, 0.2) is 30.5 Å². The van der Waals surface area contributed by atoms with Crippen LogP contribution in [-0.4, -0.2) is 45.1 Å². The van der Waals surface area contributed by atoms with E-state index in [1.807, 2.05) is 38.1 Å². The maximum atomic E-state index is 13.1. The minimum atomic E-state index is -3.75. The molecule has 1 unspecified atom stereocenters. The van der Waals surface area contributed by atoms with E-state index in [0.29, 0.717) is 6.42 Å². The van der Waals surface area contributed by atoms with Gasteiger partial charge in [-0.15, -0.1) is 0 Å². The van der Waals surface area contributed by atoms with E-state index in [-0.39, 0.29) is 24.4 Å². The molecule has 1 saturated carbocycles. The van der Waals surface area contributed by atoms with Gasteiger partial charge in [-0.1, -0.05) is 51.3 Å². The summed E-state index contributed by atoms with van der Waals surface area (Å²) in [7, 11) is -3.75. The van der Waals surface area contributed by atoms with Gasteiger partial charge in [0.05, 0.1) is 6.04 Å². The minimum absolute atomic E-state index is 0.0832. The van der Waals surface area contributed by atoms with Crippen LogP contribution in [0.4, 0.5) is 0 Å². The number of hydrogen-bond donors (Lipinski definition) is 5. The van der Waals surface area contributed by atoms with Gasteiger partial charge in [-0.2, -0.15) is 0 Å². The third-order valence-electron chi connectivity index (χ3n) is 6.33. The summed E-state index contributed by atoms with van der Waals surface area (Å²) in [4.78, 5) is 38.7. The lowest BCUT2D eigenvalue weighted by molar-refractivity contribution is -0.142. The Balaban J connectivity index is 1.69. The van der Waals surface area contributed by atoms with Crippen LogP contribution < -0.4 is 10.4 Å². The number of hydrogen-bond acceptors (Lipinski definition) is 3. The molecule has 1 fully saturated rings. The maximum Gasteiger partial charge on any atom is 0.326 e. The summed E-state index contributed by atoms with van der Waals surface area (Å²) in [6.45, 7) is 3.85. The molecule has 33 heavy (non-hydrogen) atoms. The molecule has 182 valence electrons. The van der Waals surface area contributed by atoms with Gasteiger partial charge in [0.1, 0.15) is 6.04 Å². The number of fused-ring (bicyclic) bond motifs is 1. The van der Waals surface area contributed by atoms with Crippen LogP contribution in [0.5, 0.6) is 0 Å². The lowest BCUT2D eigenvalue weighted by atomic mass is 9.91. The first-order valence-electron chi connectivity index (χ1n) is 11.8. The summed E-state index contributed by atoms with van der Waals surface area (Å²) in [5.41, 5.74) is 1.68. The zero-order valence-corrected chi connectivity index (χ0v) is 20.3. The predicted molar refractivity (Wildman–Crippen MR) is 129 cm³/mol. The largest absolute Gasteiger partial charge is 0.480 e. The van der Waals surface area contributed by atoms with E-state index in [1.54, 1.807) is 6.20 Å². The zero-order valence-electron chi connectivity index (χ0n) is 19.4. The van der Waals surface area contributed by atoms with Crippen LogP contribution >= 0.6 is 7.52 Å². The van der Waals surface area contributed by atoms with E-state index >= 15 is 0 Å². The summed E-state index contributed by atoms with van der Waals surface area (Å²) >= 11 is 0. The fourth-order valence-corrected chi connectivity index (χ4v) is 6.58. The van der Waals surface area contributed by atoms with Crippen molar-refractivity contribution < 1.29 is 24.2 Å². The summed E-state index contributed by atoms with van der Waals surface area (Å²) in [5.74, 6) is -1.45. The number of amides is 1. The Bertz CT molecular complexity index is 999. The van der Waals surface area contributed by atoms with Crippen molar-refractivity contribution in [3.63, 3.8) is 0 Å². The van der Waals surface area contributed by atoms with Gasteiger partial charge in [-0.25, -0.2) is 9.88 Å². The first-order valence-corrected chi connectivity index (χ1v) is 13.7. The summed E-state index contributed by atoms with van der Waals surface area (Å²) in [5, 5.41) is 16.0. The summed E-state index contributed by atoms with van der Waals surface area (Å²) < 4.78 is 12.9. The molecule has 1 aromatic heterocycles. The highest BCUT2D eigenvalue weighted by atomic mass is 31.2. The summed E-state index contributed by atoms with van der Waals surface area (Å²) in [6.07, 6.45) is 7.49. The fourth-order valence-electron chi connectivity index (χ4n) is 4.70. The van der Waals surface area contributed by atoms with Gasteiger partial charge in [0.2, 0.25) is 5.91 Å². The molecule has 1 aliphatic rings. The van der Waals surface area contributed by atoms with Crippen LogP contribution in [0.25, 0.3) is 10.9 Å². The third-order valence-corrected chi connectivity index (χ3v) is 8.05. The molecular weight excluding hydrogens is 441 g/mol. The smallest absolute Gasteiger partial charge is 0.326 e. The molecule has 0 bridgehead atoms. The van der Waals surface area contributed by atoms with Gasteiger partial charge in [-0.3, -0.25) is 9.36 Å². The fraction of sp³-hybridized carbons (Fsp3) is 0.583. The molecule has 8 nitrogen and oxygen atoms in total. The number of carboxylic acids is 1. The number of aromatic nitrogens is 1. The highest BCUT2D eigenvalue weighted by Gasteiger charge is 2.33. The molecule has 0 saturated heterocycles. The highest BCUT2D eigenvalue weighted by Crippen LogP contribution is 2.42. The molecule has 3 rings (SSSR count). The second-order valence-corrected chi connectivity index (χ2v) is 11.7. The number of rotatable bonds is 11. The average Bonchev–Trinajstić information content (AvgIpc) is 3.15. The first-order chi connectivity index (χ1) is 15.6. The molecule has 3 atom stereocenters. The maximum absolute atomic E-state index is 13.1. The van der Waals surface area contributed by atoms with Gasteiger partial charge >= 0.3 is 5.97 Å². The van der Waals surface area contributed by atoms with E-state index in [4.69, 9.17) is 0 Å². The van der Waals surface area contributed by atoms with Crippen molar-refractivity contribution in [1.29, 1.82) is 0 Å². The van der Waals surface area contributed by atoms with E-state index in [9.17, 15) is 24.2 Å². The van der Waals surface area contributed by atoms with Gasteiger partial charge in [0, 0.05) is 29.7 Å². The number of aromatic amines is 1. The molecule has 1 aromatic carbocycles. The molecule has 1 heterocycles. The van der Waals surface area contributed by atoms with Crippen LogP contribution in [0, 0.1) is 11.8 Å². The molecule has 1 aliphatic carbocycles. The number of benzene rings is 1. The SMILES string of the molecule is CC(C)C[C@H](NP(=O)(O)CC1CCCCC1)C(=O)N[C@@H](Cc1c[nH]c2ccccc12)C(=O)O. The van der Waals surface area contributed by atoms with Crippen molar-refractivity contribution in [2.24, 2.45) is 11.8 Å². The lowest BCUT2D eigenvalue weighted by Crippen LogP contribution is -2.50. The van der Waals surface area contributed by atoms with Crippen molar-refractivity contribution in [2.75, 3.05) is 6.16 Å². The van der Waals surface area contributed by atoms with Gasteiger partial charge in [-0.05, 0) is 42.7 Å². The Morgan fingerprint density at radius 3 is 2.52 bits per heavy atom. The van der Waals surface area contributed by atoms with Gasteiger partial charge < -0.3 is 20.3 Å². The quantitative estimate of drug-likeness (QED) is 0.310. The van der Waals surface area contributed by atoms with Crippen molar-refractivity contribution in [3.8, 4) is 0 Å². The van der Waals surface area contributed by atoms with Crippen LogP contribution in [0.3, 0.4) is 0 Å². The van der Waals surface area contributed by atoms with Crippen LogP contribution in [0.2, 0.25) is 0 Å². The van der Waals surface area contributed by atoms with Crippen LogP contribution in [-0.2, 0) is 20.6 Å². The monoisotopic (exact) mass is 477 g/mol. The lowest BCUT2D eigenvalue weighted by Gasteiger charge is -2.28. The number of para-hydroxylation sites is 1. The molecule has 5 N–H and O–H groups in total. The molecular formula is C24H36N3O5P. The second kappa shape index (κ2) is 11.3. The van der Waals surface area contributed by atoms with E-state index < -0.39 is 31.5 Å². The Hall–Kier alpha value is -2.15. The Morgan fingerprint density at radius 1 is 1.15 bits per heavy atom. The zero-order chi connectivity index (χ0) is 24.0. The number of carboxylic acid groups (broad SMARTS) is 1. The number of carbonyl (C=O) groups is 2. The Labute approximate surface area is 195 Å². The van der Waals surface area contributed by atoms with Gasteiger partial charge in [0.25, 0.3) is 7.52 Å². The standard InChI is InChI=1S/C24H36N3O5P/c1-16(2)12-21(27-33(31,32)15-17-8-4-3-5-9-17)23(28)26-22(24(29)30)13-18-14-25-20-11-7-6-10-19(18)20/h6-7,10-11,14,16-17,21-22,25H,3-5,8-9,12-13,15H2,1-2H3,(H,26,28)(H,29,30)(H2,27,31,32)/t21-,22-/m0/s1. The van der Waals surface area contributed by atoms with Crippen molar-refractivity contribution in [2.45, 2.75) is 70.9 Å². The second-order valence-electron chi connectivity index (χ2n) is 9.66. The topological polar surface area (TPSA) is 132 Å². The highest BCUT2D eigenvalue weighted by molar-refractivity contribution is 7.55. The molecule has 9 heteroatoms. The normalized spacial score (nSPS) is 18.7. The number of nitrogens with one attached hydrogen (secondary N) is 3. The Morgan fingerprint density at radius 2 is 1.85 bits per heavy atom. The number of carbonyl (C=O) groups excluding carboxylic acids is 1. The van der Waals surface area contributed by atoms with E-state index in [2.05, 4.69) is 15.4 Å². The molecule has 0 spiro atoms.